The second-order valence-corrected chi connectivity index (χ2v) is 10.9. The van der Waals surface area contributed by atoms with Crippen molar-refractivity contribution in [1.29, 1.82) is 0 Å². The first kappa shape index (κ1) is 25.6. The molecule has 0 radical (unpaired) electrons. The molecular weight excluding hydrogens is 474 g/mol. The summed E-state index contributed by atoms with van der Waals surface area (Å²) in [6.45, 7) is 6.93. The number of hydrogen-bond acceptors (Lipinski definition) is 5. The highest BCUT2D eigenvalue weighted by atomic mass is 32.1. The van der Waals surface area contributed by atoms with Crippen LogP contribution in [0.25, 0.3) is 0 Å². The summed E-state index contributed by atoms with van der Waals surface area (Å²) in [5.41, 5.74) is 1.20. The summed E-state index contributed by atoms with van der Waals surface area (Å²) >= 11 is 1.54. The predicted octanol–water partition coefficient (Wildman–Crippen LogP) is 3.87. The van der Waals surface area contributed by atoms with E-state index < -0.39 is 17.5 Å². The third kappa shape index (κ3) is 6.20. The lowest BCUT2D eigenvalue weighted by Crippen LogP contribution is -2.48. The number of thiophene rings is 1. The van der Waals surface area contributed by atoms with Gasteiger partial charge in [-0.25, -0.2) is 4.98 Å². The smallest absolute Gasteiger partial charge is 0.250 e. The Balaban J connectivity index is 1.54. The van der Waals surface area contributed by atoms with Crippen LogP contribution in [0.1, 0.15) is 50.8 Å². The number of carbonyl (C=O) groups is 3. The molecule has 3 aromatic rings. The van der Waals surface area contributed by atoms with Crippen molar-refractivity contribution in [2.75, 3.05) is 18.4 Å². The van der Waals surface area contributed by atoms with Gasteiger partial charge >= 0.3 is 0 Å². The lowest BCUT2D eigenvalue weighted by Gasteiger charge is -2.24. The molecule has 1 fully saturated rings. The molecule has 1 aliphatic heterocycles. The summed E-state index contributed by atoms with van der Waals surface area (Å²) in [6, 6.07) is 10.2. The van der Waals surface area contributed by atoms with Crippen molar-refractivity contribution in [3.8, 4) is 0 Å². The van der Waals surface area contributed by atoms with Crippen molar-refractivity contribution in [3.05, 3.63) is 70.8 Å². The van der Waals surface area contributed by atoms with Crippen LogP contribution in [0.2, 0.25) is 0 Å². The van der Waals surface area contributed by atoms with Gasteiger partial charge in [0, 0.05) is 31.1 Å². The minimum atomic E-state index is -0.757. The van der Waals surface area contributed by atoms with E-state index in [9.17, 15) is 14.4 Å². The van der Waals surface area contributed by atoms with E-state index in [4.69, 9.17) is 0 Å². The minimum Gasteiger partial charge on any atom is -0.344 e. The molecular formula is C27H33N5O3S. The monoisotopic (exact) mass is 507 g/mol. The van der Waals surface area contributed by atoms with Gasteiger partial charge < -0.3 is 20.1 Å². The summed E-state index contributed by atoms with van der Waals surface area (Å²) in [6.07, 6.45) is 5.63. The minimum absolute atomic E-state index is 0.0155. The molecule has 3 heterocycles. The van der Waals surface area contributed by atoms with E-state index in [0.717, 1.165) is 37.1 Å². The maximum absolute atomic E-state index is 13.4. The summed E-state index contributed by atoms with van der Waals surface area (Å²) in [7, 11) is 0. The number of benzene rings is 1. The highest BCUT2D eigenvalue weighted by molar-refractivity contribution is 7.07. The van der Waals surface area contributed by atoms with Crippen molar-refractivity contribution in [2.24, 2.45) is 5.41 Å². The molecule has 1 aliphatic rings. The highest BCUT2D eigenvalue weighted by Gasteiger charge is 2.31. The molecule has 36 heavy (non-hydrogen) atoms. The molecule has 4 rings (SSSR count). The molecule has 190 valence electrons. The fourth-order valence-corrected chi connectivity index (χ4v) is 4.85. The standard InChI is InChI=1S/C27H33N5O3S/c1-27(2,3)26(35)29-21(15-19-11-14-36-17-19)24(33)30-22-16-32(18-28-22)23(20-9-5-4-6-10-20)25(34)31-12-7-8-13-31/h4-6,9-11,14,16-18,21,23H,7-8,12-13,15H2,1-3H3,(H,29,35)(H,30,33)/t21-,23?/m1/s1. The number of aromatic nitrogens is 2. The first-order valence-electron chi connectivity index (χ1n) is 12.2. The van der Waals surface area contributed by atoms with Gasteiger partial charge in [0.25, 0.3) is 0 Å². The van der Waals surface area contributed by atoms with Crippen LogP contribution < -0.4 is 10.6 Å². The molecule has 0 spiro atoms. The van der Waals surface area contributed by atoms with Crippen molar-refractivity contribution >= 4 is 34.9 Å². The second kappa shape index (κ2) is 11.1. The van der Waals surface area contributed by atoms with Gasteiger partial charge in [-0.15, -0.1) is 0 Å². The van der Waals surface area contributed by atoms with E-state index in [0.29, 0.717) is 12.2 Å². The quantitative estimate of drug-likeness (QED) is 0.484. The zero-order chi connectivity index (χ0) is 25.7. The fraction of sp³-hybridized carbons (Fsp3) is 0.407. The number of amides is 3. The normalized spacial score (nSPS) is 15.4. The molecule has 8 nitrogen and oxygen atoms in total. The van der Waals surface area contributed by atoms with Crippen LogP contribution in [0, 0.1) is 5.41 Å². The third-order valence-corrected chi connectivity index (χ3v) is 6.97. The zero-order valence-corrected chi connectivity index (χ0v) is 21.8. The van der Waals surface area contributed by atoms with Gasteiger partial charge in [0.2, 0.25) is 17.7 Å². The number of hydrogen-bond donors (Lipinski definition) is 2. The Kier molecular flexibility index (Phi) is 7.88. The van der Waals surface area contributed by atoms with E-state index in [1.807, 2.05) is 72.8 Å². The Morgan fingerprint density at radius 1 is 1.08 bits per heavy atom. The van der Waals surface area contributed by atoms with Crippen LogP contribution in [0.4, 0.5) is 5.82 Å². The largest absolute Gasteiger partial charge is 0.344 e. The topological polar surface area (TPSA) is 96.3 Å². The van der Waals surface area contributed by atoms with Crippen LogP contribution >= 0.6 is 11.3 Å². The molecule has 2 N–H and O–H groups in total. The van der Waals surface area contributed by atoms with Crippen molar-refractivity contribution in [1.82, 2.24) is 19.8 Å². The zero-order valence-electron chi connectivity index (χ0n) is 20.9. The van der Waals surface area contributed by atoms with Crippen LogP contribution in [0.15, 0.2) is 59.7 Å². The molecule has 2 aromatic heterocycles. The maximum Gasteiger partial charge on any atom is 0.250 e. The van der Waals surface area contributed by atoms with Crippen molar-refractivity contribution in [3.63, 3.8) is 0 Å². The Labute approximate surface area is 215 Å². The first-order valence-corrected chi connectivity index (χ1v) is 13.2. The Hall–Kier alpha value is -3.46. The van der Waals surface area contributed by atoms with E-state index in [-0.39, 0.29) is 17.7 Å². The Morgan fingerprint density at radius 3 is 2.44 bits per heavy atom. The van der Waals surface area contributed by atoms with E-state index in [1.54, 1.807) is 28.4 Å². The number of likely N-dealkylation sites (tertiary alicyclic amines) is 1. The molecule has 9 heteroatoms. The summed E-state index contributed by atoms with van der Waals surface area (Å²) in [5, 5.41) is 9.63. The fourth-order valence-electron chi connectivity index (χ4n) is 4.17. The lowest BCUT2D eigenvalue weighted by atomic mass is 9.94. The Morgan fingerprint density at radius 2 is 1.81 bits per heavy atom. The van der Waals surface area contributed by atoms with E-state index in [2.05, 4.69) is 15.6 Å². The molecule has 1 saturated heterocycles. The number of carbonyl (C=O) groups excluding carboxylic acids is 3. The number of imidazole rings is 1. The summed E-state index contributed by atoms with van der Waals surface area (Å²) < 4.78 is 1.74. The average Bonchev–Trinajstić information content (AvgIpc) is 3.62. The van der Waals surface area contributed by atoms with Crippen LogP contribution in [0.5, 0.6) is 0 Å². The lowest BCUT2D eigenvalue weighted by molar-refractivity contribution is -0.132. The van der Waals surface area contributed by atoms with Gasteiger partial charge in [-0.05, 0) is 40.8 Å². The Bertz CT molecular complexity index is 1180. The maximum atomic E-state index is 13.4. The second-order valence-electron chi connectivity index (χ2n) is 10.2. The summed E-state index contributed by atoms with van der Waals surface area (Å²) in [4.78, 5) is 45.6. The molecule has 0 aliphatic carbocycles. The van der Waals surface area contributed by atoms with Crippen LogP contribution in [-0.4, -0.2) is 51.3 Å². The van der Waals surface area contributed by atoms with E-state index in [1.165, 1.54) is 0 Å². The number of anilines is 1. The van der Waals surface area contributed by atoms with Gasteiger partial charge in [0.15, 0.2) is 5.82 Å². The van der Waals surface area contributed by atoms with Crippen molar-refractivity contribution in [2.45, 2.75) is 52.1 Å². The highest BCUT2D eigenvalue weighted by Crippen LogP contribution is 2.25. The van der Waals surface area contributed by atoms with Gasteiger partial charge in [-0.2, -0.15) is 11.3 Å². The predicted molar refractivity (Wildman–Crippen MR) is 141 cm³/mol. The van der Waals surface area contributed by atoms with Crippen molar-refractivity contribution < 1.29 is 14.4 Å². The molecule has 3 amide bonds. The molecule has 1 unspecified atom stereocenters. The van der Waals surface area contributed by atoms with Crippen LogP contribution in [-0.2, 0) is 20.8 Å². The van der Waals surface area contributed by atoms with Gasteiger partial charge in [-0.3, -0.25) is 14.4 Å². The number of nitrogens with zero attached hydrogens (tertiary/aromatic N) is 3. The number of rotatable bonds is 8. The molecule has 1 aromatic carbocycles. The van der Waals surface area contributed by atoms with Gasteiger partial charge in [0.1, 0.15) is 12.1 Å². The molecule has 0 bridgehead atoms. The van der Waals surface area contributed by atoms with Gasteiger partial charge in [0.05, 0.1) is 6.33 Å². The average molecular weight is 508 g/mol. The molecule has 0 saturated carbocycles. The van der Waals surface area contributed by atoms with Crippen LogP contribution in [0.3, 0.4) is 0 Å². The SMILES string of the molecule is CC(C)(C)C(=O)N[C@H](Cc1ccsc1)C(=O)Nc1cn(C(C(=O)N2CCCC2)c2ccccc2)cn1. The third-order valence-electron chi connectivity index (χ3n) is 6.24. The summed E-state index contributed by atoms with van der Waals surface area (Å²) in [5.74, 6) is -0.216. The van der Waals surface area contributed by atoms with E-state index >= 15 is 0 Å². The number of nitrogens with one attached hydrogen (secondary N) is 2. The van der Waals surface area contributed by atoms with Gasteiger partial charge in [-0.1, -0.05) is 51.1 Å². The first-order chi connectivity index (χ1) is 17.2. The molecule has 2 atom stereocenters.